The maximum absolute atomic E-state index is 10.6. The van der Waals surface area contributed by atoms with E-state index in [0.29, 0.717) is 0 Å². The molecular weight excluding hydrogens is 569 g/mol. The van der Waals surface area contributed by atoms with Crippen molar-refractivity contribution >= 4 is 5.97 Å². The molecule has 1 rings (SSSR count). The Morgan fingerprint density at radius 2 is 1.03 bits per heavy atom. The van der Waals surface area contributed by atoms with Crippen LogP contribution < -0.4 is 69.0 Å². The van der Waals surface area contributed by atoms with Crippen LogP contribution >= 0.6 is 0 Å². The monoisotopic (exact) mass is 602 g/mol. The summed E-state index contributed by atoms with van der Waals surface area (Å²) in [7, 11) is -9.89. The standard InChI is InChI=1S/C13H29N5O2.2ClHO4.Cu.3H2O/c1-13(18-9-12(19)20)10-16-7-5-14-3-2-4-15-6-8-17-11-13;2*2-1(3,4)5;;;;/h14-18H,2-11H2,1H3,(H,19,20);2*(H,2,3,4,5);;3*1H2/q;;;+2;;;/p-2. The zero-order chi connectivity index (χ0) is 23.7. The van der Waals surface area contributed by atoms with E-state index in [1.165, 1.54) is 0 Å². The number of carboxylic acids is 1. The third kappa shape index (κ3) is 53.3. The zero-order valence-corrected chi connectivity index (χ0v) is 20.7. The van der Waals surface area contributed by atoms with Crippen LogP contribution in [0.3, 0.4) is 0 Å². The SMILES string of the molecule is CC1([NH2+]CC(=O)[O-])CNCCNCCCNCCNC1.O.O.O.[Cu+2].[O-][Cl+3]([O-])([O-])[O-].[O-][Cl+3]([O-])([O-])[O-]. The molecule has 0 saturated carbocycles. The molecule has 12 N–H and O–H groups in total. The molecule has 0 aromatic carbocycles. The fraction of sp³-hybridized carbons (Fsp3) is 0.923. The first-order valence-electron chi connectivity index (χ1n) is 8.73. The second-order valence-electron chi connectivity index (χ2n) is 6.40. The van der Waals surface area contributed by atoms with Crippen molar-refractivity contribution in [2.75, 3.05) is 58.9 Å². The van der Waals surface area contributed by atoms with Crippen LogP contribution in [0, 0.1) is 20.5 Å². The Kier molecular flexibility index (Phi) is 36.1. The Labute approximate surface area is 211 Å². The van der Waals surface area contributed by atoms with Gasteiger partial charge in [0.1, 0.15) is 12.1 Å². The van der Waals surface area contributed by atoms with E-state index in [-0.39, 0.29) is 45.6 Å². The van der Waals surface area contributed by atoms with Gasteiger partial charge in [-0.25, -0.2) is 37.3 Å². The second-order valence-corrected chi connectivity index (χ2v) is 7.91. The summed E-state index contributed by atoms with van der Waals surface area (Å²) in [6, 6.07) is 0. The summed E-state index contributed by atoms with van der Waals surface area (Å²) >= 11 is 0. The molecule has 0 atom stereocenters. The van der Waals surface area contributed by atoms with Crippen molar-refractivity contribution in [3.8, 4) is 0 Å². The number of nitrogens with one attached hydrogen (secondary N) is 4. The van der Waals surface area contributed by atoms with Gasteiger partial charge in [0.05, 0.1) is 19.1 Å². The summed E-state index contributed by atoms with van der Waals surface area (Å²) in [6.07, 6.45) is 1.14. The Balaban J connectivity index is -0.000000119. The molecule has 1 fully saturated rings. The summed E-state index contributed by atoms with van der Waals surface area (Å²) in [6.45, 7) is 9.30. The van der Waals surface area contributed by atoms with Crippen LogP contribution in [-0.2, 0) is 21.9 Å². The van der Waals surface area contributed by atoms with Crippen molar-refractivity contribution in [2.45, 2.75) is 18.9 Å². The molecule has 1 radical (unpaired) electrons. The van der Waals surface area contributed by atoms with Crippen LogP contribution in [0.4, 0.5) is 0 Å². The number of rotatable bonds is 3. The first kappa shape index (κ1) is 47.2. The third-order valence-electron chi connectivity index (χ3n) is 3.48. The number of carboxylic acid groups (broad SMARTS) is 1. The summed E-state index contributed by atoms with van der Waals surface area (Å²) < 4.78 is 67.9. The molecule has 0 bridgehead atoms. The molecule has 215 valence electrons. The largest absolute Gasteiger partial charge is 2.00 e. The summed E-state index contributed by atoms with van der Waals surface area (Å²) in [5, 5.41) is 26.0. The Bertz CT molecular complexity index is 412. The van der Waals surface area contributed by atoms with Crippen molar-refractivity contribution in [1.82, 2.24) is 21.3 Å². The topological polar surface area (TPSA) is 384 Å². The molecule has 1 aliphatic rings. The number of halogens is 2. The van der Waals surface area contributed by atoms with Gasteiger partial charge in [0.25, 0.3) is 0 Å². The molecule has 1 heterocycles. The molecule has 0 spiro atoms. The average molecular weight is 604 g/mol. The number of nitrogens with two attached hydrogens (primary N) is 1. The third-order valence-corrected chi connectivity index (χ3v) is 3.48. The first-order valence-corrected chi connectivity index (χ1v) is 11.2. The number of hydrogen-bond acceptors (Lipinski definition) is 14. The number of carbonyl (C=O) groups is 1. The zero-order valence-electron chi connectivity index (χ0n) is 18.3. The van der Waals surface area contributed by atoms with E-state index in [9.17, 15) is 9.90 Å². The smallest absolute Gasteiger partial charge is 0.544 e. The van der Waals surface area contributed by atoms with Crippen LogP contribution in [0.1, 0.15) is 13.3 Å². The van der Waals surface area contributed by atoms with Gasteiger partial charge in [-0.05, 0) is 26.4 Å². The molecule has 0 amide bonds. The predicted molar refractivity (Wildman–Crippen MR) is 87.1 cm³/mol. The molecule has 0 aromatic heterocycles. The first-order chi connectivity index (χ1) is 13.6. The molecule has 21 heteroatoms. The number of carbonyl (C=O) groups excluding carboxylic acids is 1. The van der Waals surface area contributed by atoms with Crippen LogP contribution in [0.2, 0.25) is 0 Å². The molecular formula is C13H35Cl2CuN5O13. The number of hydrogen-bond donors (Lipinski definition) is 5. The maximum Gasteiger partial charge on any atom is 2.00 e. The number of aliphatic carboxylic acids is 1. The van der Waals surface area contributed by atoms with Crippen molar-refractivity contribution in [3.63, 3.8) is 0 Å². The van der Waals surface area contributed by atoms with E-state index in [1.807, 2.05) is 5.32 Å². The van der Waals surface area contributed by atoms with Gasteiger partial charge in [0, 0.05) is 26.2 Å². The van der Waals surface area contributed by atoms with Crippen LogP contribution in [0.5, 0.6) is 0 Å². The van der Waals surface area contributed by atoms with E-state index in [4.69, 9.17) is 37.3 Å². The second kappa shape index (κ2) is 26.0. The van der Waals surface area contributed by atoms with Crippen molar-refractivity contribution in [1.29, 1.82) is 0 Å². The molecule has 0 aliphatic carbocycles. The van der Waals surface area contributed by atoms with Crippen LogP contribution in [-0.4, -0.2) is 86.8 Å². The Morgan fingerprint density at radius 1 is 0.735 bits per heavy atom. The van der Waals surface area contributed by atoms with Gasteiger partial charge in [-0.2, -0.15) is 0 Å². The minimum Gasteiger partial charge on any atom is -0.544 e. The quantitative estimate of drug-likeness (QED) is 0.187. The van der Waals surface area contributed by atoms with Gasteiger partial charge < -0.3 is 52.9 Å². The Morgan fingerprint density at radius 3 is 1.32 bits per heavy atom. The van der Waals surface area contributed by atoms with Gasteiger partial charge >= 0.3 is 17.1 Å². The van der Waals surface area contributed by atoms with Crippen LogP contribution in [0.25, 0.3) is 0 Å². The van der Waals surface area contributed by atoms with E-state index >= 15 is 0 Å². The maximum atomic E-state index is 10.6. The van der Waals surface area contributed by atoms with Gasteiger partial charge in [0.15, 0.2) is 0 Å². The summed E-state index contributed by atoms with van der Waals surface area (Å²) in [5.41, 5.74) is -0.176. The van der Waals surface area contributed by atoms with E-state index in [0.717, 1.165) is 58.8 Å². The van der Waals surface area contributed by atoms with Gasteiger partial charge in [-0.15, -0.1) is 20.5 Å². The van der Waals surface area contributed by atoms with Gasteiger partial charge in [-0.1, -0.05) is 0 Å². The average Bonchev–Trinajstić information content (AvgIpc) is 2.54. The molecule has 18 nitrogen and oxygen atoms in total. The summed E-state index contributed by atoms with van der Waals surface area (Å²) in [4.78, 5) is 10.6. The van der Waals surface area contributed by atoms with E-state index < -0.39 is 26.5 Å². The minimum absolute atomic E-state index is 0. The summed E-state index contributed by atoms with van der Waals surface area (Å²) in [5.74, 6) is -1.02. The van der Waals surface area contributed by atoms with Crippen molar-refractivity contribution in [2.24, 2.45) is 0 Å². The predicted octanol–water partition coefficient (Wildman–Crippen LogP) is -16.2. The van der Waals surface area contributed by atoms with Crippen molar-refractivity contribution < 1.29 is 106 Å². The number of quaternary nitrogens is 1. The van der Waals surface area contributed by atoms with E-state index in [2.05, 4.69) is 28.2 Å². The fourth-order valence-electron chi connectivity index (χ4n) is 2.23. The molecule has 1 saturated heterocycles. The van der Waals surface area contributed by atoms with E-state index in [1.54, 1.807) is 0 Å². The molecule has 0 unspecified atom stereocenters. The molecule has 0 aromatic rings. The molecule has 1 aliphatic heterocycles. The van der Waals surface area contributed by atoms with Crippen LogP contribution in [0.15, 0.2) is 0 Å². The van der Waals surface area contributed by atoms with Gasteiger partial charge in [-0.3, -0.25) is 0 Å². The Hall–Kier alpha value is -0.0705. The normalized spacial score (nSPS) is 17.0. The molecule has 34 heavy (non-hydrogen) atoms. The van der Waals surface area contributed by atoms with Gasteiger partial charge in [0.2, 0.25) is 0 Å². The fourth-order valence-corrected chi connectivity index (χ4v) is 2.23. The van der Waals surface area contributed by atoms with Crippen molar-refractivity contribution in [3.05, 3.63) is 0 Å². The minimum atomic E-state index is -4.94.